The van der Waals surface area contributed by atoms with Crippen LogP contribution in [0.2, 0.25) is 0 Å². The second kappa shape index (κ2) is 15.8. The van der Waals surface area contributed by atoms with Crippen molar-refractivity contribution in [2.75, 3.05) is 0 Å². The van der Waals surface area contributed by atoms with Crippen molar-refractivity contribution in [2.45, 2.75) is 33.6 Å². The van der Waals surface area contributed by atoms with E-state index in [9.17, 15) is 0 Å². The van der Waals surface area contributed by atoms with Crippen LogP contribution in [0.4, 0.5) is 0 Å². The summed E-state index contributed by atoms with van der Waals surface area (Å²) < 4.78 is 0. The number of carbonyl (C=O) groups excluding carboxylic acids is 1. The van der Waals surface area contributed by atoms with Gasteiger partial charge in [-0.25, -0.2) is 0 Å². The van der Waals surface area contributed by atoms with Gasteiger partial charge in [0.1, 0.15) is 0 Å². The summed E-state index contributed by atoms with van der Waals surface area (Å²) in [7, 11) is 0. The Kier molecular flexibility index (Phi) is 28.4. The molecule has 0 aliphatic carbocycles. The summed E-state index contributed by atoms with van der Waals surface area (Å²) >= 11 is 0. The van der Waals surface area contributed by atoms with Crippen molar-refractivity contribution in [1.82, 2.24) is 0 Å². The molecule has 0 aromatic heterocycles. The van der Waals surface area contributed by atoms with Gasteiger partial charge < -0.3 is 9.90 Å². The number of carboxylic acid groups (broad SMARTS) is 1. The smallest absolute Gasteiger partial charge is 0.550 e. The van der Waals surface area contributed by atoms with Gasteiger partial charge >= 0.3 is 27.7 Å². The zero-order valence-electron chi connectivity index (χ0n) is 6.44. The molecular formula is C6H13HgO2. The fourth-order valence-corrected chi connectivity index (χ4v) is 0. The van der Waals surface area contributed by atoms with E-state index in [1.165, 1.54) is 12.8 Å². The first-order valence-corrected chi connectivity index (χ1v) is 2.82. The van der Waals surface area contributed by atoms with Crippen LogP contribution in [0.15, 0.2) is 0 Å². The van der Waals surface area contributed by atoms with Crippen LogP contribution in [0.1, 0.15) is 33.6 Å². The van der Waals surface area contributed by atoms with Gasteiger partial charge in [-0.3, -0.25) is 0 Å². The molecule has 0 amide bonds. The number of aliphatic carboxylic acids is 1. The Labute approximate surface area is 77.2 Å². The van der Waals surface area contributed by atoms with Crippen molar-refractivity contribution in [3.05, 3.63) is 0 Å². The molecule has 0 aliphatic heterocycles. The van der Waals surface area contributed by atoms with Gasteiger partial charge in [0.05, 0.1) is 0 Å². The van der Waals surface area contributed by atoms with Gasteiger partial charge in [-0.1, -0.05) is 26.7 Å². The Morgan fingerprint density at radius 2 is 1.44 bits per heavy atom. The number of unbranched alkanes of at least 4 members (excludes halogenated alkanes) is 1. The van der Waals surface area contributed by atoms with Crippen LogP contribution in [-0.2, 0) is 32.5 Å². The molecule has 0 unspecified atom stereocenters. The maximum atomic E-state index is 8.89. The molecule has 0 rings (SSSR count). The van der Waals surface area contributed by atoms with Crippen LogP contribution in [0.3, 0.4) is 0 Å². The molecule has 0 bridgehead atoms. The summed E-state index contributed by atoms with van der Waals surface area (Å²) in [5.74, 6) is -1.08. The van der Waals surface area contributed by atoms with Crippen molar-refractivity contribution in [3.8, 4) is 0 Å². The minimum atomic E-state index is -1.08. The first-order chi connectivity index (χ1) is 3.65. The molecule has 2 nitrogen and oxygen atoms in total. The Hall–Kier alpha value is 0.405. The molecule has 9 heavy (non-hydrogen) atoms. The Balaban J connectivity index is -0.0000000720. The van der Waals surface area contributed by atoms with Crippen molar-refractivity contribution in [1.29, 1.82) is 0 Å². The molecular weight excluding hydrogens is 305 g/mol. The molecule has 0 saturated heterocycles. The van der Waals surface area contributed by atoms with E-state index in [2.05, 4.69) is 13.8 Å². The molecule has 1 radical (unpaired) electrons. The maximum absolute atomic E-state index is 8.89. The molecule has 0 N–H and O–H groups in total. The molecule has 0 saturated carbocycles. The molecule has 0 aliphatic rings. The van der Waals surface area contributed by atoms with Crippen molar-refractivity contribution >= 4 is 5.97 Å². The number of hydrogen-bond donors (Lipinski definition) is 0. The van der Waals surface area contributed by atoms with E-state index in [-0.39, 0.29) is 27.7 Å². The molecule has 3 heteroatoms. The van der Waals surface area contributed by atoms with Crippen molar-refractivity contribution in [3.63, 3.8) is 0 Å². The second-order valence-corrected chi connectivity index (χ2v) is 1.49. The minimum absolute atomic E-state index is 0. The van der Waals surface area contributed by atoms with E-state index < -0.39 is 5.97 Å². The van der Waals surface area contributed by atoms with Gasteiger partial charge in [0, 0.05) is 5.97 Å². The molecule has 51 valence electrons. The summed E-state index contributed by atoms with van der Waals surface area (Å²) in [5, 5.41) is 8.89. The average Bonchev–Trinajstić information content (AvgIpc) is 1.65. The zero-order valence-corrected chi connectivity index (χ0v) is 11.9. The molecule has 0 aromatic rings. The van der Waals surface area contributed by atoms with E-state index in [4.69, 9.17) is 9.90 Å². The summed E-state index contributed by atoms with van der Waals surface area (Å²) in [6.45, 7) is 5.33. The summed E-state index contributed by atoms with van der Waals surface area (Å²) in [4.78, 5) is 8.89. The maximum Gasteiger partial charge on any atom is 1.00 e. The van der Waals surface area contributed by atoms with E-state index in [1.54, 1.807) is 0 Å². The summed E-state index contributed by atoms with van der Waals surface area (Å²) in [6.07, 6.45) is 2.64. The predicted molar refractivity (Wildman–Crippen MR) is 31.3 cm³/mol. The normalized spacial score (nSPS) is 6.11. The Morgan fingerprint density at radius 3 is 1.44 bits per heavy atom. The van der Waals surface area contributed by atoms with Gasteiger partial charge in [0.2, 0.25) is 0 Å². The standard InChI is InChI=1S/C4H10.C2H4O2.Hg/c1-3-4-2;1-2(3)4;/h3-4H2,1-2H3;1H3,(H,3,4);/q;;+1/p-1. The van der Waals surface area contributed by atoms with Gasteiger partial charge in [-0.2, -0.15) is 0 Å². The number of carboxylic acids is 1. The second-order valence-electron chi connectivity index (χ2n) is 1.49. The first-order valence-electron chi connectivity index (χ1n) is 2.82. The van der Waals surface area contributed by atoms with E-state index in [0.29, 0.717) is 0 Å². The SMILES string of the molecule is CC(=O)[O-].CCCC.[Hg+]. The molecule has 0 heterocycles. The van der Waals surface area contributed by atoms with E-state index >= 15 is 0 Å². The third-order valence-electron chi connectivity index (χ3n) is 0.500. The van der Waals surface area contributed by atoms with Gasteiger partial charge in [-0.15, -0.1) is 0 Å². The van der Waals surface area contributed by atoms with Crippen LogP contribution in [0, 0.1) is 0 Å². The molecule has 0 spiro atoms. The average molecular weight is 318 g/mol. The van der Waals surface area contributed by atoms with Gasteiger partial charge in [-0.05, 0) is 6.92 Å². The van der Waals surface area contributed by atoms with E-state index in [1.807, 2.05) is 0 Å². The predicted octanol–water partition coefficient (Wildman–Crippen LogP) is 0.560. The number of carbonyl (C=O) groups is 1. The van der Waals surface area contributed by atoms with Crippen LogP contribution in [0.25, 0.3) is 0 Å². The van der Waals surface area contributed by atoms with Crippen LogP contribution < -0.4 is 5.11 Å². The number of hydrogen-bond acceptors (Lipinski definition) is 2. The summed E-state index contributed by atoms with van der Waals surface area (Å²) in [6, 6.07) is 0. The zero-order chi connectivity index (χ0) is 6.99. The molecule has 0 atom stereocenters. The summed E-state index contributed by atoms with van der Waals surface area (Å²) in [5.41, 5.74) is 0. The van der Waals surface area contributed by atoms with Gasteiger partial charge in [0.25, 0.3) is 0 Å². The van der Waals surface area contributed by atoms with Crippen molar-refractivity contribution in [2.24, 2.45) is 0 Å². The van der Waals surface area contributed by atoms with Crippen molar-refractivity contribution < 1.29 is 37.6 Å². The third kappa shape index (κ3) is 175. The topological polar surface area (TPSA) is 40.1 Å². The van der Waals surface area contributed by atoms with Crippen LogP contribution in [0.5, 0.6) is 0 Å². The largest absolute Gasteiger partial charge is 1.00 e. The van der Waals surface area contributed by atoms with Gasteiger partial charge in [0.15, 0.2) is 0 Å². The van der Waals surface area contributed by atoms with Crippen LogP contribution >= 0.6 is 0 Å². The monoisotopic (exact) mass is 319 g/mol. The van der Waals surface area contributed by atoms with E-state index in [0.717, 1.165) is 6.92 Å². The molecule has 0 fully saturated rings. The minimum Gasteiger partial charge on any atom is -0.550 e. The third-order valence-corrected chi connectivity index (χ3v) is 0.500. The quantitative estimate of drug-likeness (QED) is 0.663. The Morgan fingerprint density at radius 1 is 1.33 bits per heavy atom. The Bertz CT molecular complexity index is 49.0. The fourth-order valence-electron chi connectivity index (χ4n) is 0. The number of rotatable bonds is 1. The molecule has 0 aromatic carbocycles. The fraction of sp³-hybridized carbons (Fsp3) is 0.833. The first kappa shape index (κ1) is 16.2. The van der Waals surface area contributed by atoms with Crippen LogP contribution in [-0.4, -0.2) is 5.97 Å².